The van der Waals surface area contributed by atoms with Crippen LogP contribution in [-0.4, -0.2) is 12.0 Å². The predicted octanol–water partition coefficient (Wildman–Crippen LogP) is 4.60. The Hall–Kier alpha value is -2.08. The molecule has 2 aromatic rings. The maximum absolute atomic E-state index is 11.1. The van der Waals surface area contributed by atoms with E-state index in [1.54, 1.807) is 12.1 Å². The van der Waals surface area contributed by atoms with Crippen molar-refractivity contribution in [3.63, 3.8) is 0 Å². The Morgan fingerprint density at radius 3 is 2.52 bits per heavy atom. The highest BCUT2D eigenvalue weighted by Crippen LogP contribution is 2.36. The summed E-state index contributed by atoms with van der Waals surface area (Å²) in [7, 11) is 1.46. The Morgan fingerprint density at radius 1 is 1.19 bits per heavy atom. The number of halogens is 1. The predicted molar refractivity (Wildman–Crippen MR) is 83.5 cm³/mol. The molecule has 21 heavy (non-hydrogen) atoms. The first kappa shape index (κ1) is 15.3. The summed E-state index contributed by atoms with van der Waals surface area (Å²) < 4.78 is 10.7. The van der Waals surface area contributed by atoms with Crippen LogP contribution in [0.3, 0.4) is 0 Å². The third kappa shape index (κ3) is 3.52. The van der Waals surface area contributed by atoms with E-state index >= 15 is 0 Å². The molecule has 0 aliphatic rings. The van der Waals surface area contributed by atoms with Crippen LogP contribution in [-0.2, 0) is 5.33 Å². The summed E-state index contributed by atoms with van der Waals surface area (Å²) in [5, 5.41) is 11.8. The van der Waals surface area contributed by atoms with Gasteiger partial charge in [0.2, 0.25) is 5.75 Å². The molecule has 0 bridgehead atoms. The number of alkyl halides is 1. The summed E-state index contributed by atoms with van der Waals surface area (Å²) in [6, 6.07) is 10.2. The fourth-order valence-electron chi connectivity index (χ4n) is 1.88. The van der Waals surface area contributed by atoms with Crippen LogP contribution in [0.1, 0.15) is 11.1 Å². The molecule has 0 saturated heterocycles. The summed E-state index contributed by atoms with van der Waals surface area (Å²) in [6.45, 7) is 1.98. The number of ether oxygens (including phenoxy) is 2. The molecule has 0 heterocycles. The smallest absolute Gasteiger partial charge is 0.315 e. The van der Waals surface area contributed by atoms with Crippen LogP contribution >= 0.6 is 15.9 Å². The van der Waals surface area contributed by atoms with Gasteiger partial charge in [0, 0.05) is 10.9 Å². The van der Waals surface area contributed by atoms with Crippen LogP contribution in [0, 0.1) is 17.0 Å². The largest absolute Gasteiger partial charge is 0.496 e. The van der Waals surface area contributed by atoms with E-state index in [0.717, 1.165) is 11.1 Å². The average Bonchev–Trinajstić information content (AvgIpc) is 2.49. The van der Waals surface area contributed by atoms with Crippen molar-refractivity contribution < 1.29 is 14.4 Å². The highest BCUT2D eigenvalue weighted by Gasteiger charge is 2.18. The molecule has 0 aliphatic heterocycles. The van der Waals surface area contributed by atoms with E-state index in [9.17, 15) is 10.1 Å². The highest BCUT2D eigenvalue weighted by atomic mass is 79.9. The number of methoxy groups -OCH3 is 1. The summed E-state index contributed by atoms with van der Waals surface area (Å²) in [4.78, 5) is 10.7. The van der Waals surface area contributed by atoms with Crippen molar-refractivity contribution in [1.29, 1.82) is 0 Å². The monoisotopic (exact) mass is 351 g/mol. The molecule has 2 aromatic carbocycles. The first-order chi connectivity index (χ1) is 10.0. The van der Waals surface area contributed by atoms with Crippen molar-refractivity contribution in [1.82, 2.24) is 0 Å². The molecule has 0 N–H and O–H groups in total. The van der Waals surface area contributed by atoms with Gasteiger partial charge in [0.05, 0.1) is 18.1 Å². The number of rotatable bonds is 5. The zero-order valence-electron chi connectivity index (χ0n) is 11.6. The molecule has 0 unspecified atom stereocenters. The molecule has 0 radical (unpaired) electrons. The maximum atomic E-state index is 11.1. The van der Waals surface area contributed by atoms with E-state index in [4.69, 9.17) is 9.47 Å². The first-order valence-corrected chi connectivity index (χ1v) is 7.33. The molecule has 110 valence electrons. The first-order valence-electron chi connectivity index (χ1n) is 6.21. The van der Waals surface area contributed by atoms with Crippen molar-refractivity contribution in [2.75, 3.05) is 7.11 Å². The lowest BCUT2D eigenvalue weighted by Gasteiger charge is -2.11. The van der Waals surface area contributed by atoms with Crippen molar-refractivity contribution >= 4 is 21.6 Å². The number of hydrogen-bond donors (Lipinski definition) is 0. The van der Waals surface area contributed by atoms with Gasteiger partial charge in [0.1, 0.15) is 11.5 Å². The van der Waals surface area contributed by atoms with Crippen molar-refractivity contribution in [2.45, 2.75) is 12.3 Å². The fraction of sp³-hybridized carbons (Fsp3) is 0.200. The lowest BCUT2D eigenvalue weighted by atomic mass is 10.1. The van der Waals surface area contributed by atoms with Gasteiger partial charge >= 0.3 is 5.69 Å². The minimum absolute atomic E-state index is 0.129. The van der Waals surface area contributed by atoms with E-state index in [-0.39, 0.29) is 11.4 Å². The molecule has 0 saturated carbocycles. The van der Waals surface area contributed by atoms with Crippen molar-refractivity contribution in [3.8, 4) is 17.2 Å². The summed E-state index contributed by atoms with van der Waals surface area (Å²) >= 11 is 3.39. The zero-order valence-corrected chi connectivity index (χ0v) is 13.2. The number of nitro groups is 1. The molecule has 0 aromatic heterocycles. The minimum Gasteiger partial charge on any atom is -0.496 e. The Kier molecular flexibility index (Phi) is 4.80. The molecule has 6 heteroatoms. The second kappa shape index (κ2) is 6.58. The third-order valence-corrected chi connectivity index (χ3v) is 3.55. The normalized spacial score (nSPS) is 10.2. The molecular weight excluding hydrogens is 338 g/mol. The highest BCUT2D eigenvalue weighted by molar-refractivity contribution is 9.08. The molecule has 0 amide bonds. The Morgan fingerprint density at radius 2 is 1.90 bits per heavy atom. The number of hydrogen-bond acceptors (Lipinski definition) is 4. The molecule has 0 spiro atoms. The quantitative estimate of drug-likeness (QED) is 0.448. The maximum Gasteiger partial charge on any atom is 0.315 e. The van der Waals surface area contributed by atoms with Crippen LogP contribution < -0.4 is 9.47 Å². The van der Waals surface area contributed by atoms with Gasteiger partial charge in [-0.05, 0) is 25.1 Å². The number of benzene rings is 2. The SMILES string of the molecule is COc1ccc(Oc2ccc(C)cc2CBr)c([N+](=O)[O-])c1. The van der Waals surface area contributed by atoms with Crippen LogP contribution in [0.4, 0.5) is 5.69 Å². The van der Waals surface area contributed by atoms with Gasteiger partial charge in [-0.2, -0.15) is 0 Å². The average molecular weight is 352 g/mol. The second-order valence-electron chi connectivity index (χ2n) is 4.44. The Labute approximate surface area is 130 Å². The summed E-state index contributed by atoms with van der Waals surface area (Å²) in [6.07, 6.45) is 0. The molecule has 0 atom stereocenters. The van der Waals surface area contributed by atoms with E-state index < -0.39 is 4.92 Å². The summed E-state index contributed by atoms with van der Waals surface area (Å²) in [5.41, 5.74) is 1.90. The van der Waals surface area contributed by atoms with Gasteiger partial charge in [-0.15, -0.1) is 0 Å². The standard InChI is InChI=1S/C15H14BrNO4/c1-10-3-5-14(11(7-10)9-16)21-15-6-4-12(20-2)8-13(15)17(18)19/h3-8H,9H2,1-2H3. The van der Waals surface area contributed by atoms with Crippen LogP contribution in [0.15, 0.2) is 36.4 Å². The lowest BCUT2D eigenvalue weighted by Crippen LogP contribution is -1.96. The summed E-state index contributed by atoms with van der Waals surface area (Å²) in [5.74, 6) is 1.19. The molecule has 5 nitrogen and oxygen atoms in total. The van der Waals surface area contributed by atoms with Crippen LogP contribution in [0.2, 0.25) is 0 Å². The third-order valence-electron chi connectivity index (χ3n) is 2.94. The second-order valence-corrected chi connectivity index (χ2v) is 5.00. The number of nitrogens with zero attached hydrogens (tertiary/aromatic N) is 1. The van der Waals surface area contributed by atoms with Gasteiger partial charge < -0.3 is 9.47 Å². The number of aryl methyl sites for hydroxylation is 1. The zero-order chi connectivity index (χ0) is 15.4. The molecule has 2 rings (SSSR count). The Bertz CT molecular complexity index is 673. The lowest BCUT2D eigenvalue weighted by molar-refractivity contribution is -0.385. The van der Waals surface area contributed by atoms with Crippen LogP contribution in [0.25, 0.3) is 0 Å². The fourth-order valence-corrected chi connectivity index (χ4v) is 2.32. The van der Waals surface area contributed by atoms with Gasteiger partial charge in [0.15, 0.2) is 0 Å². The van der Waals surface area contributed by atoms with E-state index in [0.29, 0.717) is 16.8 Å². The van der Waals surface area contributed by atoms with Crippen LogP contribution in [0.5, 0.6) is 17.2 Å². The van der Waals surface area contributed by atoms with E-state index in [1.165, 1.54) is 19.2 Å². The number of nitro benzene ring substituents is 1. The topological polar surface area (TPSA) is 61.6 Å². The molecular formula is C15H14BrNO4. The van der Waals surface area contributed by atoms with Gasteiger partial charge in [-0.25, -0.2) is 0 Å². The van der Waals surface area contributed by atoms with Crippen molar-refractivity contribution in [2.24, 2.45) is 0 Å². The Balaban J connectivity index is 2.42. The molecule has 0 fully saturated rings. The van der Waals surface area contributed by atoms with Gasteiger partial charge in [-0.1, -0.05) is 33.6 Å². The van der Waals surface area contributed by atoms with Gasteiger partial charge in [-0.3, -0.25) is 10.1 Å². The van der Waals surface area contributed by atoms with Gasteiger partial charge in [0.25, 0.3) is 0 Å². The molecule has 0 aliphatic carbocycles. The van der Waals surface area contributed by atoms with E-state index in [2.05, 4.69) is 15.9 Å². The minimum atomic E-state index is -0.486. The van der Waals surface area contributed by atoms with E-state index in [1.807, 2.05) is 19.1 Å². The van der Waals surface area contributed by atoms with Crippen molar-refractivity contribution in [3.05, 3.63) is 57.6 Å².